The Hall–Kier alpha value is -0.710. The first-order valence-electron chi connectivity index (χ1n) is 6.68. The fourth-order valence-electron chi connectivity index (χ4n) is 2.03. The van der Waals surface area contributed by atoms with Gasteiger partial charge < -0.3 is 0 Å². The molecule has 21 heavy (non-hydrogen) atoms. The summed E-state index contributed by atoms with van der Waals surface area (Å²) in [5.41, 5.74) is 5.29. The van der Waals surface area contributed by atoms with Crippen molar-refractivity contribution in [2.24, 2.45) is 5.84 Å². The zero-order chi connectivity index (χ0) is 15.2. The molecule has 2 aromatic rings. The molecule has 0 aromatic heterocycles. The van der Waals surface area contributed by atoms with Crippen molar-refractivity contribution in [3.05, 3.63) is 63.6 Å². The number of hydrogen-bond donors (Lipinski definition) is 2. The summed E-state index contributed by atoms with van der Waals surface area (Å²) in [6, 6.07) is 14.2. The number of nitrogens with one attached hydrogen (secondary N) is 1. The maximum absolute atomic E-state index is 6.05. The molecule has 0 fully saturated rings. The van der Waals surface area contributed by atoms with E-state index in [4.69, 9.17) is 29.0 Å². The first kappa shape index (κ1) is 16.7. The smallest absolute Gasteiger partial charge is 0.0595 e. The largest absolute Gasteiger partial charge is 0.271 e. The molecular weight excluding hydrogens is 323 g/mol. The van der Waals surface area contributed by atoms with Gasteiger partial charge in [-0.2, -0.15) is 0 Å². The summed E-state index contributed by atoms with van der Waals surface area (Å²) < 4.78 is 0. The third-order valence-electron chi connectivity index (χ3n) is 3.24. The molecule has 0 heterocycles. The molecule has 0 radical (unpaired) electrons. The summed E-state index contributed by atoms with van der Waals surface area (Å²) in [6.07, 6.45) is 0.812. The lowest BCUT2D eigenvalue weighted by Gasteiger charge is -2.16. The van der Waals surface area contributed by atoms with Gasteiger partial charge in [0.2, 0.25) is 0 Å². The van der Waals surface area contributed by atoms with Crippen molar-refractivity contribution in [1.29, 1.82) is 0 Å². The predicted molar refractivity (Wildman–Crippen MR) is 93.2 cm³/mol. The van der Waals surface area contributed by atoms with Crippen LogP contribution in [-0.4, -0.2) is 11.8 Å². The molecule has 2 rings (SSSR count). The highest BCUT2D eigenvalue weighted by atomic mass is 35.5. The summed E-state index contributed by atoms with van der Waals surface area (Å²) in [7, 11) is 0. The van der Waals surface area contributed by atoms with Crippen molar-refractivity contribution in [1.82, 2.24) is 5.43 Å². The average molecular weight is 341 g/mol. The van der Waals surface area contributed by atoms with Crippen LogP contribution in [0.1, 0.15) is 11.1 Å². The van der Waals surface area contributed by atoms with E-state index in [2.05, 4.69) is 30.5 Å². The van der Waals surface area contributed by atoms with Crippen molar-refractivity contribution in [2.75, 3.05) is 5.75 Å². The second-order valence-electron chi connectivity index (χ2n) is 4.89. The highest BCUT2D eigenvalue weighted by molar-refractivity contribution is 7.99. The van der Waals surface area contributed by atoms with E-state index in [9.17, 15) is 0 Å². The Balaban J connectivity index is 1.97. The van der Waals surface area contributed by atoms with E-state index in [0.717, 1.165) is 17.7 Å². The molecule has 0 aliphatic heterocycles. The molecule has 0 spiro atoms. The second-order valence-corrected chi connectivity index (χ2v) is 6.77. The first-order chi connectivity index (χ1) is 10.1. The van der Waals surface area contributed by atoms with Crippen LogP contribution in [0.5, 0.6) is 0 Å². The van der Waals surface area contributed by atoms with Crippen molar-refractivity contribution in [3.63, 3.8) is 0 Å². The van der Waals surface area contributed by atoms with Crippen molar-refractivity contribution in [3.8, 4) is 0 Å². The van der Waals surface area contributed by atoms with Crippen LogP contribution < -0.4 is 11.3 Å². The number of thioether (sulfide) groups is 1. The molecule has 0 aliphatic rings. The normalized spacial score (nSPS) is 12.4. The Kier molecular flexibility index (Phi) is 6.40. The fourth-order valence-corrected chi connectivity index (χ4v) is 3.41. The quantitative estimate of drug-likeness (QED) is 0.463. The molecule has 112 valence electrons. The monoisotopic (exact) mass is 340 g/mol. The molecule has 0 saturated carbocycles. The van der Waals surface area contributed by atoms with Crippen molar-refractivity contribution >= 4 is 35.0 Å². The third kappa shape index (κ3) is 4.90. The minimum Gasteiger partial charge on any atom is -0.271 e. The second kappa shape index (κ2) is 8.06. The molecule has 0 amide bonds. The van der Waals surface area contributed by atoms with Crippen LogP contribution >= 0.6 is 35.0 Å². The lowest BCUT2D eigenvalue weighted by molar-refractivity contribution is 0.575. The first-order valence-corrected chi connectivity index (χ1v) is 8.43. The van der Waals surface area contributed by atoms with Crippen LogP contribution in [0.4, 0.5) is 0 Å². The van der Waals surface area contributed by atoms with E-state index >= 15 is 0 Å². The Morgan fingerprint density at radius 3 is 2.57 bits per heavy atom. The van der Waals surface area contributed by atoms with Gasteiger partial charge in [0.1, 0.15) is 0 Å². The number of benzene rings is 2. The van der Waals surface area contributed by atoms with Crippen LogP contribution in [0.15, 0.2) is 47.4 Å². The average Bonchev–Trinajstić information content (AvgIpc) is 2.48. The predicted octanol–water partition coefficient (Wildman–Crippen LogP) is 4.47. The molecule has 0 bridgehead atoms. The Morgan fingerprint density at radius 2 is 1.90 bits per heavy atom. The van der Waals surface area contributed by atoms with Crippen LogP contribution in [0.2, 0.25) is 10.0 Å². The Bertz CT molecular complexity index is 605. The molecule has 1 unspecified atom stereocenters. The van der Waals surface area contributed by atoms with Gasteiger partial charge in [-0.25, -0.2) is 0 Å². The van der Waals surface area contributed by atoms with Crippen LogP contribution in [0.3, 0.4) is 0 Å². The highest BCUT2D eigenvalue weighted by Gasteiger charge is 2.10. The molecular formula is C16H18Cl2N2S. The summed E-state index contributed by atoms with van der Waals surface area (Å²) in [5.74, 6) is 6.56. The topological polar surface area (TPSA) is 38.0 Å². The number of halogens is 2. The van der Waals surface area contributed by atoms with Gasteiger partial charge in [-0.1, -0.05) is 47.5 Å². The molecule has 3 N–H and O–H groups in total. The van der Waals surface area contributed by atoms with Gasteiger partial charge >= 0.3 is 0 Å². The molecule has 2 aromatic carbocycles. The Labute approximate surface area is 140 Å². The van der Waals surface area contributed by atoms with Gasteiger partial charge in [-0.3, -0.25) is 11.3 Å². The van der Waals surface area contributed by atoms with Gasteiger partial charge in [-0.05, 0) is 42.7 Å². The zero-order valence-corrected chi connectivity index (χ0v) is 14.1. The van der Waals surface area contributed by atoms with Crippen LogP contribution in [-0.2, 0) is 6.42 Å². The Morgan fingerprint density at radius 1 is 1.14 bits per heavy atom. The number of hydrazine groups is 1. The van der Waals surface area contributed by atoms with E-state index in [0.29, 0.717) is 10.0 Å². The highest BCUT2D eigenvalue weighted by Crippen LogP contribution is 2.25. The van der Waals surface area contributed by atoms with Crippen LogP contribution in [0.25, 0.3) is 0 Å². The van der Waals surface area contributed by atoms with Gasteiger partial charge in [0, 0.05) is 16.7 Å². The summed E-state index contributed by atoms with van der Waals surface area (Å²) in [4.78, 5) is 1.28. The van der Waals surface area contributed by atoms with Crippen molar-refractivity contribution < 1.29 is 0 Å². The summed E-state index contributed by atoms with van der Waals surface area (Å²) in [5, 5.41) is 1.16. The number of nitrogens with two attached hydrogens (primary N) is 1. The number of rotatable bonds is 6. The van der Waals surface area contributed by atoms with E-state index < -0.39 is 0 Å². The van der Waals surface area contributed by atoms with E-state index in [1.165, 1.54) is 10.5 Å². The van der Waals surface area contributed by atoms with Gasteiger partial charge in [0.15, 0.2) is 0 Å². The molecule has 5 heteroatoms. The fraction of sp³-hybridized carbons (Fsp3) is 0.250. The van der Waals surface area contributed by atoms with E-state index in [1.54, 1.807) is 11.8 Å². The number of hydrogen-bond acceptors (Lipinski definition) is 3. The van der Waals surface area contributed by atoms with Crippen LogP contribution in [0, 0.1) is 6.92 Å². The molecule has 0 aliphatic carbocycles. The third-order valence-corrected chi connectivity index (χ3v) is 5.31. The van der Waals surface area contributed by atoms with E-state index in [-0.39, 0.29) is 6.04 Å². The SMILES string of the molecule is Cc1ccccc1SCC(Cc1ccc(Cl)c(Cl)c1)NN. The van der Waals surface area contributed by atoms with E-state index in [1.807, 2.05) is 24.3 Å². The van der Waals surface area contributed by atoms with Gasteiger partial charge in [0.05, 0.1) is 10.0 Å². The molecule has 0 saturated heterocycles. The van der Waals surface area contributed by atoms with Crippen molar-refractivity contribution in [2.45, 2.75) is 24.3 Å². The molecule has 2 nitrogen and oxygen atoms in total. The summed E-state index contributed by atoms with van der Waals surface area (Å²) in [6.45, 7) is 2.12. The number of aryl methyl sites for hydroxylation is 1. The lowest BCUT2D eigenvalue weighted by Crippen LogP contribution is -2.38. The standard InChI is InChI=1S/C16H18Cl2N2S/c1-11-4-2-3-5-16(11)21-10-13(20-19)8-12-6-7-14(17)15(18)9-12/h2-7,9,13,20H,8,10,19H2,1H3. The summed E-state index contributed by atoms with van der Waals surface area (Å²) >= 11 is 13.8. The molecule has 1 atom stereocenters. The maximum atomic E-state index is 6.05. The zero-order valence-electron chi connectivity index (χ0n) is 11.8. The minimum absolute atomic E-state index is 0.173. The lowest BCUT2D eigenvalue weighted by atomic mass is 10.1. The minimum atomic E-state index is 0.173. The maximum Gasteiger partial charge on any atom is 0.0595 e. The van der Waals surface area contributed by atoms with Gasteiger partial charge in [-0.15, -0.1) is 11.8 Å². The van der Waals surface area contributed by atoms with Gasteiger partial charge in [0.25, 0.3) is 0 Å².